The third-order valence-corrected chi connectivity index (χ3v) is 5.36. The minimum atomic E-state index is -3.39. The van der Waals surface area contributed by atoms with Gasteiger partial charge in [-0.15, -0.1) is 0 Å². The molecule has 0 radical (unpaired) electrons. The predicted molar refractivity (Wildman–Crippen MR) is 85.2 cm³/mol. The summed E-state index contributed by atoms with van der Waals surface area (Å²) < 4.78 is 34.5. The van der Waals surface area contributed by atoms with Crippen LogP contribution in [0.4, 0.5) is 0 Å². The van der Waals surface area contributed by atoms with E-state index in [0.29, 0.717) is 24.0 Å². The van der Waals surface area contributed by atoms with E-state index in [2.05, 4.69) is 4.90 Å². The molecule has 2 atom stereocenters. The normalized spacial score (nSPS) is 22.8. The molecule has 0 spiro atoms. The van der Waals surface area contributed by atoms with E-state index in [1.165, 1.54) is 7.11 Å². The van der Waals surface area contributed by atoms with Crippen molar-refractivity contribution in [3.8, 4) is 11.5 Å². The van der Waals surface area contributed by atoms with Crippen molar-refractivity contribution >= 4 is 9.84 Å². The van der Waals surface area contributed by atoms with Gasteiger partial charge in [0.25, 0.3) is 0 Å². The lowest BCUT2D eigenvalue weighted by Gasteiger charge is -2.23. The molecule has 2 N–H and O–H groups in total. The Labute approximate surface area is 132 Å². The van der Waals surface area contributed by atoms with E-state index >= 15 is 0 Å². The Morgan fingerprint density at radius 3 is 2.36 bits per heavy atom. The molecule has 0 bridgehead atoms. The van der Waals surface area contributed by atoms with Crippen molar-refractivity contribution in [3.05, 3.63) is 17.7 Å². The summed E-state index contributed by atoms with van der Waals surface area (Å²) in [6.07, 6.45) is 2.08. The van der Waals surface area contributed by atoms with Crippen LogP contribution in [0, 0.1) is 5.92 Å². The second-order valence-electron chi connectivity index (χ2n) is 5.81. The van der Waals surface area contributed by atoms with E-state index in [4.69, 9.17) is 15.2 Å². The molecule has 1 aliphatic rings. The summed E-state index contributed by atoms with van der Waals surface area (Å²) in [6.45, 7) is 1.56. The van der Waals surface area contributed by atoms with Crippen LogP contribution in [-0.2, 0) is 9.84 Å². The zero-order valence-corrected chi connectivity index (χ0v) is 14.3. The van der Waals surface area contributed by atoms with Gasteiger partial charge in [0.15, 0.2) is 9.84 Å². The Balaban J connectivity index is 2.53. The molecular weight excluding hydrogens is 304 g/mol. The van der Waals surface area contributed by atoms with Crippen LogP contribution in [0.2, 0.25) is 0 Å². The number of rotatable bonds is 5. The summed E-state index contributed by atoms with van der Waals surface area (Å²) in [7, 11) is 1.67. The minimum Gasteiger partial charge on any atom is -0.496 e. The number of ether oxygens (including phenoxy) is 2. The summed E-state index contributed by atoms with van der Waals surface area (Å²) >= 11 is 0. The van der Waals surface area contributed by atoms with Gasteiger partial charge in [-0.05, 0) is 32.0 Å². The fourth-order valence-corrected chi connectivity index (χ4v) is 3.91. The van der Waals surface area contributed by atoms with Gasteiger partial charge in [-0.25, -0.2) is 8.42 Å². The average molecular weight is 328 g/mol. The quantitative estimate of drug-likeness (QED) is 0.870. The Morgan fingerprint density at radius 1 is 1.27 bits per heavy atom. The molecule has 1 aliphatic heterocycles. The number of likely N-dealkylation sites (tertiary alicyclic amines) is 1. The molecule has 7 heteroatoms. The van der Waals surface area contributed by atoms with Gasteiger partial charge in [0.2, 0.25) is 0 Å². The molecule has 0 saturated carbocycles. The highest BCUT2D eigenvalue weighted by molar-refractivity contribution is 7.90. The van der Waals surface area contributed by atoms with Crippen molar-refractivity contribution in [2.75, 3.05) is 40.6 Å². The van der Waals surface area contributed by atoms with Crippen LogP contribution >= 0.6 is 0 Å². The lowest BCUT2D eigenvalue weighted by atomic mass is 9.99. The molecule has 1 aromatic rings. The predicted octanol–water partition coefficient (Wildman–Crippen LogP) is 1.06. The minimum absolute atomic E-state index is 0.144. The number of hydrogen-bond acceptors (Lipinski definition) is 6. The second-order valence-corrected chi connectivity index (χ2v) is 7.79. The Kier molecular flexibility index (Phi) is 4.99. The summed E-state index contributed by atoms with van der Waals surface area (Å²) in [6, 6.07) is 3.47. The van der Waals surface area contributed by atoms with Crippen LogP contribution in [-0.4, -0.2) is 53.9 Å². The monoisotopic (exact) mass is 328 g/mol. The third kappa shape index (κ3) is 3.21. The Hall–Kier alpha value is -1.31. The molecule has 1 aromatic carbocycles. The molecule has 0 amide bonds. The number of nitrogens with zero attached hydrogens (tertiary/aromatic N) is 1. The van der Waals surface area contributed by atoms with E-state index in [0.717, 1.165) is 24.8 Å². The van der Waals surface area contributed by atoms with E-state index in [1.54, 1.807) is 19.2 Å². The van der Waals surface area contributed by atoms with Gasteiger partial charge < -0.3 is 15.2 Å². The van der Waals surface area contributed by atoms with Gasteiger partial charge in [0, 0.05) is 30.5 Å². The van der Waals surface area contributed by atoms with Crippen LogP contribution in [0.25, 0.3) is 0 Å². The third-order valence-electron chi connectivity index (χ3n) is 4.24. The number of methoxy groups -OCH3 is 2. The van der Waals surface area contributed by atoms with E-state index in [-0.39, 0.29) is 10.9 Å². The first-order chi connectivity index (χ1) is 10.3. The first-order valence-electron chi connectivity index (χ1n) is 7.18. The highest BCUT2D eigenvalue weighted by Gasteiger charge is 2.33. The van der Waals surface area contributed by atoms with Gasteiger partial charge in [-0.1, -0.05) is 0 Å². The summed E-state index contributed by atoms with van der Waals surface area (Å²) in [5.41, 5.74) is 6.72. The lowest BCUT2D eigenvalue weighted by Crippen LogP contribution is -2.21. The van der Waals surface area contributed by atoms with E-state index in [1.807, 2.05) is 7.05 Å². The van der Waals surface area contributed by atoms with Gasteiger partial charge in [0.05, 0.1) is 14.2 Å². The average Bonchev–Trinajstić information content (AvgIpc) is 2.85. The van der Waals surface area contributed by atoms with Crippen LogP contribution in [0.1, 0.15) is 18.0 Å². The molecule has 1 fully saturated rings. The van der Waals surface area contributed by atoms with Crippen molar-refractivity contribution in [1.82, 2.24) is 4.90 Å². The second kappa shape index (κ2) is 6.44. The Bertz CT molecular complexity index is 645. The van der Waals surface area contributed by atoms with Crippen molar-refractivity contribution in [3.63, 3.8) is 0 Å². The lowest BCUT2D eigenvalue weighted by molar-refractivity contribution is 0.300. The van der Waals surface area contributed by atoms with Crippen LogP contribution < -0.4 is 15.2 Å². The van der Waals surface area contributed by atoms with Gasteiger partial charge in [-0.3, -0.25) is 4.90 Å². The maximum Gasteiger partial charge on any atom is 0.179 e. The molecule has 1 heterocycles. The van der Waals surface area contributed by atoms with Gasteiger partial charge >= 0.3 is 0 Å². The molecule has 0 aliphatic carbocycles. The summed E-state index contributed by atoms with van der Waals surface area (Å²) in [4.78, 5) is 2.36. The molecule has 1 saturated heterocycles. The first kappa shape index (κ1) is 17.1. The summed E-state index contributed by atoms with van der Waals surface area (Å²) in [5, 5.41) is 0. The van der Waals surface area contributed by atoms with E-state index < -0.39 is 9.84 Å². The smallest absolute Gasteiger partial charge is 0.179 e. The fraction of sp³-hybridized carbons (Fsp3) is 0.600. The Morgan fingerprint density at radius 2 is 1.91 bits per heavy atom. The van der Waals surface area contributed by atoms with Crippen LogP contribution in [0.3, 0.4) is 0 Å². The molecule has 124 valence electrons. The number of hydrogen-bond donors (Lipinski definition) is 1. The zero-order valence-electron chi connectivity index (χ0n) is 13.5. The standard InChI is InChI=1S/C15H24N2O4S/c1-17-9-10(8-16)5-12(17)11-6-14(21-3)15(22(4,18)19)7-13(11)20-2/h6-7,10,12H,5,8-9,16H2,1-4H3. The van der Waals surface area contributed by atoms with Crippen molar-refractivity contribution < 1.29 is 17.9 Å². The van der Waals surface area contributed by atoms with E-state index in [9.17, 15) is 8.42 Å². The first-order valence-corrected chi connectivity index (χ1v) is 9.07. The van der Waals surface area contributed by atoms with Crippen molar-refractivity contribution in [2.45, 2.75) is 17.4 Å². The van der Waals surface area contributed by atoms with Crippen molar-refractivity contribution in [1.29, 1.82) is 0 Å². The molecular formula is C15H24N2O4S. The largest absolute Gasteiger partial charge is 0.496 e. The number of sulfone groups is 1. The highest BCUT2D eigenvalue weighted by atomic mass is 32.2. The summed E-state index contributed by atoms with van der Waals surface area (Å²) in [5.74, 6) is 1.35. The van der Waals surface area contributed by atoms with Gasteiger partial charge in [-0.2, -0.15) is 0 Å². The van der Waals surface area contributed by atoms with Crippen LogP contribution in [0.15, 0.2) is 17.0 Å². The molecule has 2 rings (SSSR count). The fourth-order valence-electron chi connectivity index (χ4n) is 3.08. The van der Waals surface area contributed by atoms with Gasteiger partial charge in [0.1, 0.15) is 16.4 Å². The topological polar surface area (TPSA) is 81.9 Å². The van der Waals surface area contributed by atoms with Crippen LogP contribution in [0.5, 0.6) is 11.5 Å². The number of benzene rings is 1. The maximum atomic E-state index is 11.9. The SMILES string of the molecule is COc1cc(S(C)(=O)=O)c(OC)cc1C1CC(CN)CN1C. The molecule has 0 aromatic heterocycles. The molecule has 2 unspecified atom stereocenters. The molecule has 22 heavy (non-hydrogen) atoms. The number of nitrogens with two attached hydrogens (primary N) is 1. The van der Waals surface area contributed by atoms with Crippen molar-refractivity contribution in [2.24, 2.45) is 11.7 Å². The molecule has 6 nitrogen and oxygen atoms in total. The zero-order chi connectivity index (χ0) is 16.5. The maximum absolute atomic E-state index is 11.9. The highest BCUT2D eigenvalue weighted by Crippen LogP contribution is 2.42.